The van der Waals surface area contributed by atoms with E-state index in [0.717, 1.165) is 50.2 Å². The summed E-state index contributed by atoms with van der Waals surface area (Å²) in [7, 11) is 3.05. The van der Waals surface area contributed by atoms with E-state index < -0.39 is 55.3 Å². The first-order valence-electron chi connectivity index (χ1n) is 27.3. The van der Waals surface area contributed by atoms with Crippen LogP contribution in [0, 0.1) is 17.8 Å². The van der Waals surface area contributed by atoms with Crippen molar-refractivity contribution in [1.82, 2.24) is 10.6 Å². The van der Waals surface area contributed by atoms with Crippen LogP contribution < -0.4 is 25.8 Å². The van der Waals surface area contributed by atoms with Crippen molar-refractivity contribution in [3.8, 4) is 22.6 Å². The van der Waals surface area contributed by atoms with Crippen molar-refractivity contribution in [2.45, 2.75) is 111 Å². The standard InChI is InChI=1S/C63H75BFN4O9P/c1-43(2)33-36-75-55-31-29-46-23-12-14-26-51(46)58(55)59-52-27-15-13-24-47(52)30-32-56(59)76-41-50(70)38-48(25-16-17-34-68-62(74)78-63(3,4)5)60(72)69-53(28-18-35-67-57(66)42-79(64)65)54(71)39-49(37-44-19-8-6-9-20-44)61(73)77-40-45-21-10-7-11-22-45/h6-15,19-24,26-27,29-32,43,48-49,53H,16-18,25,28,33-42H2,1-5H3,(H2,66,67)(H,68,74)(H,69,72)/t48-,49+,53+,79?/m0/s1. The molecular weight excluding hydrogens is 1020 g/mol. The molecule has 2 radical (unpaired) electrons. The number of esters is 1. The highest BCUT2D eigenvalue weighted by Gasteiger charge is 2.32. The maximum atomic E-state index is 14.8. The van der Waals surface area contributed by atoms with E-state index in [1.165, 1.54) is 0 Å². The second kappa shape index (κ2) is 30.9. The Labute approximate surface area is 467 Å². The number of alkyl carbamates (subject to hydrolysis) is 1. The van der Waals surface area contributed by atoms with Gasteiger partial charge in [0, 0.05) is 57.2 Å². The Hall–Kier alpha value is -7.12. The number of ether oxygens (including phenoxy) is 4. The molecule has 0 aliphatic heterocycles. The highest BCUT2D eigenvalue weighted by molar-refractivity contribution is 7.78. The molecule has 0 aromatic heterocycles. The van der Waals surface area contributed by atoms with Crippen LogP contribution >= 0.6 is 8.11 Å². The Bertz CT molecular complexity index is 2990. The second-order valence-electron chi connectivity index (χ2n) is 21.3. The van der Waals surface area contributed by atoms with Crippen LogP contribution in [0.3, 0.4) is 0 Å². The van der Waals surface area contributed by atoms with E-state index in [0.29, 0.717) is 36.9 Å². The van der Waals surface area contributed by atoms with Crippen LogP contribution in [0.25, 0.3) is 32.7 Å². The van der Waals surface area contributed by atoms with Crippen molar-refractivity contribution in [3.63, 3.8) is 0 Å². The summed E-state index contributed by atoms with van der Waals surface area (Å²) in [6.45, 7) is 10.1. The number of carbonyl (C=O) groups is 5. The molecule has 0 saturated heterocycles. The summed E-state index contributed by atoms with van der Waals surface area (Å²) in [4.78, 5) is 74.4. The topological polar surface area (TPSA) is 185 Å². The zero-order valence-electron chi connectivity index (χ0n) is 46.2. The van der Waals surface area contributed by atoms with Gasteiger partial charge in [0.2, 0.25) is 5.91 Å². The molecule has 6 rings (SSSR count). The zero-order chi connectivity index (χ0) is 56.7. The molecule has 0 heterocycles. The molecular formula is C63H75BFN4O9P. The molecule has 4 atom stereocenters. The SMILES string of the molecule is [B]P(F)CC(N)=NCCC[C@@H](NC(=O)[C@@H](CCCCNC(=O)OC(C)(C)C)CC(=O)COc1ccc2ccccc2c1-c1c(OCCC(C)C)ccc2ccccc12)C(=O)C[C@@H](Cc1ccccc1)C(=O)OCc1ccccc1. The summed E-state index contributed by atoms with van der Waals surface area (Å²) >= 11 is 0. The summed E-state index contributed by atoms with van der Waals surface area (Å²) in [5.74, 6) is -2.11. The fourth-order valence-corrected chi connectivity index (χ4v) is 9.61. The van der Waals surface area contributed by atoms with Gasteiger partial charge in [-0.05, 0) is 110 Å². The van der Waals surface area contributed by atoms with Gasteiger partial charge in [-0.15, -0.1) is 0 Å². The van der Waals surface area contributed by atoms with Crippen molar-refractivity contribution < 1.29 is 47.1 Å². The molecule has 0 spiro atoms. The van der Waals surface area contributed by atoms with Gasteiger partial charge in [0.25, 0.3) is 0 Å². The van der Waals surface area contributed by atoms with Crippen LogP contribution in [-0.2, 0) is 41.7 Å². The molecule has 6 aromatic carbocycles. The Morgan fingerprint density at radius 1 is 0.696 bits per heavy atom. The van der Waals surface area contributed by atoms with Gasteiger partial charge < -0.3 is 35.3 Å². The third-order valence-corrected chi connectivity index (χ3v) is 13.8. The average Bonchev–Trinajstić information content (AvgIpc) is 3.45. The molecule has 0 aliphatic rings. The smallest absolute Gasteiger partial charge is 0.407 e. The molecule has 0 fully saturated rings. The first kappa shape index (κ1) is 61.1. The van der Waals surface area contributed by atoms with Crippen LogP contribution in [0.4, 0.5) is 8.99 Å². The number of Topliss-reactive ketones (excluding diaryl/α,β-unsaturated/α-hetero) is 2. The number of halogens is 1. The lowest BCUT2D eigenvalue weighted by molar-refractivity contribution is -0.151. The van der Waals surface area contributed by atoms with Gasteiger partial charge in [-0.25, -0.2) is 8.99 Å². The van der Waals surface area contributed by atoms with E-state index in [1.54, 1.807) is 20.8 Å². The number of hydrogen-bond donors (Lipinski definition) is 3. The number of nitrogens with zero attached hydrogens (tertiary/aromatic N) is 1. The Balaban J connectivity index is 1.27. The van der Waals surface area contributed by atoms with Crippen LogP contribution in [0.1, 0.15) is 97.1 Å². The van der Waals surface area contributed by atoms with E-state index in [4.69, 9.17) is 32.2 Å². The molecule has 79 heavy (non-hydrogen) atoms. The number of nitrogens with one attached hydrogen (secondary N) is 2. The van der Waals surface area contributed by atoms with Gasteiger partial charge in [0.1, 0.15) is 30.3 Å². The molecule has 2 amide bonds. The predicted octanol–water partition coefficient (Wildman–Crippen LogP) is 12.4. The van der Waals surface area contributed by atoms with Gasteiger partial charge in [-0.3, -0.25) is 24.2 Å². The number of fused-ring (bicyclic) bond motifs is 2. The second-order valence-corrected chi connectivity index (χ2v) is 22.4. The lowest BCUT2D eigenvalue weighted by Crippen LogP contribution is -2.45. The molecule has 16 heteroatoms. The third-order valence-electron chi connectivity index (χ3n) is 13.2. The molecule has 0 saturated carbocycles. The highest BCUT2D eigenvalue weighted by Crippen LogP contribution is 2.45. The van der Waals surface area contributed by atoms with Gasteiger partial charge in [0.15, 0.2) is 19.1 Å². The zero-order valence-corrected chi connectivity index (χ0v) is 47.1. The number of ketones is 2. The van der Waals surface area contributed by atoms with Gasteiger partial charge in [-0.1, -0.05) is 142 Å². The largest absolute Gasteiger partial charge is 0.493 e. The number of unbranched alkanes of at least 4 members (excludes halogenated alkanes) is 1. The normalized spacial score (nSPS) is 13.3. The minimum atomic E-state index is -2.31. The predicted molar refractivity (Wildman–Crippen MR) is 314 cm³/mol. The quantitative estimate of drug-likeness (QED) is 0.00945. The lowest BCUT2D eigenvalue weighted by atomic mass is 9.90. The molecule has 13 nitrogen and oxygen atoms in total. The highest BCUT2D eigenvalue weighted by atomic mass is 31.2. The number of nitrogens with two attached hydrogens (primary N) is 1. The van der Waals surface area contributed by atoms with Crippen molar-refractivity contribution in [2.75, 3.05) is 32.5 Å². The average molecular weight is 1090 g/mol. The van der Waals surface area contributed by atoms with Crippen LogP contribution in [0.5, 0.6) is 11.5 Å². The van der Waals surface area contributed by atoms with E-state index in [-0.39, 0.29) is 82.6 Å². The van der Waals surface area contributed by atoms with Crippen molar-refractivity contribution in [3.05, 3.63) is 145 Å². The Kier molecular flexibility index (Phi) is 23.9. The Morgan fingerprint density at radius 3 is 1.90 bits per heavy atom. The number of aliphatic imine (C=N–C) groups is 1. The molecule has 416 valence electrons. The summed E-state index contributed by atoms with van der Waals surface area (Å²) < 4.78 is 37.9. The maximum Gasteiger partial charge on any atom is 0.407 e. The molecule has 6 aromatic rings. The van der Waals surface area contributed by atoms with Crippen molar-refractivity contribution >= 4 is 72.6 Å². The van der Waals surface area contributed by atoms with Crippen molar-refractivity contribution in [1.29, 1.82) is 0 Å². The van der Waals surface area contributed by atoms with Gasteiger partial charge >= 0.3 is 12.1 Å². The van der Waals surface area contributed by atoms with E-state index >= 15 is 0 Å². The summed E-state index contributed by atoms with van der Waals surface area (Å²) in [5.41, 5.74) is 8.45. The first-order valence-corrected chi connectivity index (χ1v) is 28.7. The van der Waals surface area contributed by atoms with Crippen LogP contribution in [0.15, 0.2) is 138 Å². The number of amides is 2. The lowest BCUT2D eigenvalue weighted by Gasteiger charge is -2.24. The van der Waals surface area contributed by atoms with E-state index in [9.17, 15) is 28.2 Å². The summed E-state index contributed by atoms with van der Waals surface area (Å²) in [6.07, 6.45) is 1.24. The maximum absolute atomic E-state index is 14.8. The fourth-order valence-electron chi connectivity index (χ4n) is 9.20. The third kappa shape index (κ3) is 20.2. The molecule has 0 aliphatic carbocycles. The summed E-state index contributed by atoms with van der Waals surface area (Å²) in [6, 6.07) is 41.3. The first-order chi connectivity index (χ1) is 37.9. The van der Waals surface area contributed by atoms with Crippen LogP contribution in [0.2, 0.25) is 0 Å². The Morgan fingerprint density at radius 2 is 1.29 bits per heavy atom. The molecule has 4 N–H and O–H groups in total. The monoisotopic (exact) mass is 1090 g/mol. The minimum absolute atomic E-state index is 0.00850. The van der Waals surface area contributed by atoms with Gasteiger partial charge in [0.05, 0.1) is 24.4 Å². The fraction of sp³-hybridized carbons (Fsp3) is 0.397. The number of benzene rings is 6. The molecule has 1 unspecified atom stereocenters. The molecule has 0 bridgehead atoms. The van der Waals surface area contributed by atoms with E-state index in [1.807, 2.05) is 133 Å². The number of hydrogen-bond acceptors (Lipinski definition) is 10. The van der Waals surface area contributed by atoms with Crippen molar-refractivity contribution in [2.24, 2.45) is 28.5 Å². The number of amidine groups is 1. The number of rotatable bonds is 31. The van der Waals surface area contributed by atoms with Gasteiger partial charge in [-0.2, -0.15) is 0 Å². The summed E-state index contributed by atoms with van der Waals surface area (Å²) in [5, 5.41) is 9.55. The minimum Gasteiger partial charge on any atom is -0.493 e. The van der Waals surface area contributed by atoms with Crippen LogP contribution in [-0.4, -0.2) is 87.0 Å². The van der Waals surface area contributed by atoms with E-state index in [2.05, 4.69) is 29.5 Å². The number of carbonyl (C=O) groups excluding carboxylic acids is 5.